The molecule has 2 aliphatic rings. The zero-order valence-electron chi connectivity index (χ0n) is 14.8. The van der Waals surface area contributed by atoms with Crippen molar-refractivity contribution in [3.8, 4) is 0 Å². The normalized spacial score (nSPS) is 18.0. The second kappa shape index (κ2) is 7.49. The number of rotatable bonds is 5. The zero-order valence-corrected chi connectivity index (χ0v) is 15.5. The Morgan fingerprint density at radius 1 is 1.15 bits per heavy atom. The van der Waals surface area contributed by atoms with Crippen molar-refractivity contribution in [2.75, 3.05) is 11.4 Å². The molecule has 136 valence electrons. The maximum Gasteiger partial charge on any atom is 0.260 e. The van der Waals surface area contributed by atoms with E-state index in [4.69, 9.17) is 11.6 Å². The van der Waals surface area contributed by atoms with Gasteiger partial charge < -0.3 is 4.90 Å². The van der Waals surface area contributed by atoms with Crippen LogP contribution in [-0.2, 0) is 29.0 Å². The van der Waals surface area contributed by atoms with Gasteiger partial charge in [0.25, 0.3) is 5.91 Å². The number of nitrogens with zero attached hydrogens (tertiary/aromatic N) is 2. The number of halogens is 1. The lowest BCUT2D eigenvalue weighted by molar-refractivity contribution is -0.129. The number of allylic oxidation sites excluding steroid dienone is 1. The van der Waals surface area contributed by atoms with Gasteiger partial charge in [0.05, 0.1) is 0 Å². The zero-order chi connectivity index (χ0) is 18.8. The minimum Gasteiger partial charge on any atom is -0.367 e. The lowest BCUT2D eigenvalue weighted by atomic mass is 9.95. The summed E-state index contributed by atoms with van der Waals surface area (Å²) in [6.45, 7) is 1.78. The molecule has 0 radical (unpaired) electrons. The highest BCUT2D eigenvalue weighted by molar-refractivity contribution is 6.30. The van der Waals surface area contributed by atoms with Crippen LogP contribution in [0.3, 0.4) is 0 Å². The largest absolute Gasteiger partial charge is 0.367 e. The number of dihydropyridines is 1. The van der Waals surface area contributed by atoms with Crippen molar-refractivity contribution in [3.05, 3.63) is 76.3 Å². The smallest absolute Gasteiger partial charge is 0.260 e. The van der Waals surface area contributed by atoms with E-state index in [9.17, 15) is 9.59 Å². The molecule has 0 saturated heterocycles. The second-order valence-corrected chi connectivity index (χ2v) is 7.32. The standard InChI is InChI=1S/C22H19ClN2O2/c23-18-8-7-17-9-11-25(20(17)13-18)14-16-5-3-15(4-6-16)12-21(26)19-2-1-10-24-22(19)27/h1-8,10,13,19H,9,11-12,14H2. The number of anilines is 1. The number of fused-ring (bicyclic) bond motifs is 1. The molecule has 0 fully saturated rings. The molecule has 1 atom stereocenters. The Morgan fingerprint density at radius 3 is 2.70 bits per heavy atom. The van der Waals surface area contributed by atoms with E-state index < -0.39 is 5.92 Å². The molecule has 0 spiro atoms. The lowest BCUT2D eigenvalue weighted by Gasteiger charge is -2.20. The average Bonchev–Trinajstić information content (AvgIpc) is 3.05. The molecule has 4 nitrogen and oxygen atoms in total. The van der Waals surface area contributed by atoms with Crippen molar-refractivity contribution in [1.82, 2.24) is 0 Å². The third-order valence-corrected chi connectivity index (χ3v) is 5.25. The van der Waals surface area contributed by atoms with E-state index >= 15 is 0 Å². The lowest BCUT2D eigenvalue weighted by Crippen LogP contribution is -2.24. The Hall–Kier alpha value is -2.72. The Labute approximate surface area is 163 Å². The van der Waals surface area contributed by atoms with Gasteiger partial charge in [0.2, 0.25) is 0 Å². The van der Waals surface area contributed by atoms with Gasteiger partial charge in [-0.2, -0.15) is 0 Å². The number of ketones is 1. The molecular formula is C22H19ClN2O2. The molecule has 0 aliphatic carbocycles. The van der Waals surface area contributed by atoms with E-state index in [-0.39, 0.29) is 18.1 Å². The number of hydrogen-bond donors (Lipinski definition) is 0. The average molecular weight is 379 g/mol. The Bertz CT molecular complexity index is 947. The molecule has 2 aromatic rings. The molecule has 0 N–H and O–H groups in total. The first-order chi connectivity index (χ1) is 13.1. The van der Waals surface area contributed by atoms with E-state index in [1.54, 1.807) is 12.2 Å². The molecule has 0 bridgehead atoms. The monoisotopic (exact) mass is 378 g/mol. The van der Waals surface area contributed by atoms with Gasteiger partial charge in [-0.3, -0.25) is 9.59 Å². The van der Waals surface area contributed by atoms with E-state index in [2.05, 4.69) is 16.0 Å². The van der Waals surface area contributed by atoms with Gasteiger partial charge in [0.1, 0.15) is 5.92 Å². The number of carbonyl (C=O) groups is 2. The first-order valence-electron chi connectivity index (χ1n) is 8.99. The summed E-state index contributed by atoms with van der Waals surface area (Å²) in [5.74, 6) is -1.25. The molecule has 2 aliphatic heterocycles. The van der Waals surface area contributed by atoms with Crippen LogP contribution in [0.25, 0.3) is 0 Å². The van der Waals surface area contributed by atoms with Gasteiger partial charge in [-0.15, -0.1) is 0 Å². The fourth-order valence-corrected chi connectivity index (χ4v) is 3.73. The van der Waals surface area contributed by atoms with Gasteiger partial charge in [0, 0.05) is 36.4 Å². The fourth-order valence-electron chi connectivity index (χ4n) is 3.56. The highest BCUT2D eigenvalue weighted by atomic mass is 35.5. The maximum absolute atomic E-state index is 12.3. The highest BCUT2D eigenvalue weighted by Crippen LogP contribution is 2.31. The van der Waals surface area contributed by atoms with Crippen LogP contribution in [0, 0.1) is 5.92 Å². The van der Waals surface area contributed by atoms with Crippen molar-refractivity contribution in [3.63, 3.8) is 0 Å². The number of carbonyl (C=O) groups excluding carboxylic acids is 2. The fraction of sp³-hybridized carbons (Fsp3) is 0.227. The van der Waals surface area contributed by atoms with E-state index in [1.807, 2.05) is 36.4 Å². The summed E-state index contributed by atoms with van der Waals surface area (Å²) in [7, 11) is 0. The summed E-state index contributed by atoms with van der Waals surface area (Å²) in [6, 6.07) is 14.1. The quantitative estimate of drug-likeness (QED) is 0.743. The van der Waals surface area contributed by atoms with Gasteiger partial charge in [-0.25, -0.2) is 4.99 Å². The number of amides is 1. The summed E-state index contributed by atoms with van der Waals surface area (Å²) in [5.41, 5.74) is 4.61. The van der Waals surface area contributed by atoms with Crippen LogP contribution >= 0.6 is 11.6 Å². The van der Waals surface area contributed by atoms with Crippen LogP contribution in [0.2, 0.25) is 5.02 Å². The molecule has 1 unspecified atom stereocenters. The van der Waals surface area contributed by atoms with Gasteiger partial charge >= 0.3 is 0 Å². The minimum atomic E-state index is -0.750. The third kappa shape index (κ3) is 3.86. The van der Waals surface area contributed by atoms with E-state index in [0.717, 1.165) is 30.1 Å². The molecule has 1 amide bonds. The van der Waals surface area contributed by atoms with Crippen molar-refractivity contribution in [2.24, 2.45) is 10.9 Å². The van der Waals surface area contributed by atoms with Crippen molar-refractivity contribution in [2.45, 2.75) is 19.4 Å². The SMILES string of the molecule is O=C(Cc1ccc(CN2CCc3ccc(Cl)cc32)cc1)C1C=CC=NC1=O. The van der Waals surface area contributed by atoms with Crippen LogP contribution in [0.4, 0.5) is 5.69 Å². The predicted octanol–water partition coefficient (Wildman–Crippen LogP) is 3.80. The number of benzene rings is 2. The van der Waals surface area contributed by atoms with E-state index in [1.165, 1.54) is 23.0 Å². The highest BCUT2D eigenvalue weighted by Gasteiger charge is 2.24. The van der Waals surface area contributed by atoms with Crippen LogP contribution in [-0.4, -0.2) is 24.4 Å². The topological polar surface area (TPSA) is 49.7 Å². The minimum absolute atomic E-state index is 0.121. The molecule has 0 aromatic heterocycles. The summed E-state index contributed by atoms with van der Waals surface area (Å²) in [5, 5.41) is 0.755. The van der Waals surface area contributed by atoms with Gasteiger partial charge in [-0.1, -0.05) is 48.0 Å². The van der Waals surface area contributed by atoms with Crippen molar-refractivity contribution < 1.29 is 9.59 Å². The molecule has 0 saturated carbocycles. The summed E-state index contributed by atoms with van der Waals surface area (Å²) in [6.07, 6.45) is 5.95. The molecule has 5 heteroatoms. The maximum atomic E-state index is 12.3. The summed E-state index contributed by atoms with van der Waals surface area (Å²) < 4.78 is 0. The van der Waals surface area contributed by atoms with Crippen LogP contribution in [0.5, 0.6) is 0 Å². The Balaban J connectivity index is 1.41. The second-order valence-electron chi connectivity index (χ2n) is 6.88. The molecular weight excluding hydrogens is 360 g/mol. The Morgan fingerprint density at radius 2 is 1.93 bits per heavy atom. The first kappa shape index (κ1) is 17.7. The van der Waals surface area contributed by atoms with E-state index in [0.29, 0.717) is 0 Å². The summed E-state index contributed by atoms with van der Waals surface area (Å²) in [4.78, 5) is 30.1. The molecule has 2 heterocycles. The summed E-state index contributed by atoms with van der Waals surface area (Å²) >= 11 is 6.14. The number of hydrogen-bond acceptors (Lipinski definition) is 3. The van der Waals surface area contributed by atoms with Gasteiger partial charge in [-0.05, 0) is 41.3 Å². The number of aliphatic imine (C=N–C) groups is 1. The third-order valence-electron chi connectivity index (χ3n) is 5.02. The van der Waals surface area contributed by atoms with Crippen LogP contribution in [0.1, 0.15) is 16.7 Å². The number of Topliss-reactive ketones (excluding diaryl/α,β-unsaturated/α-hetero) is 1. The predicted molar refractivity (Wildman–Crippen MR) is 107 cm³/mol. The van der Waals surface area contributed by atoms with Crippen molar-refractivity contribution in [1.29, 1.82) is 0 Å². The Kier molecular flexibility index (Phi) is 4.90. The van der Waals surface area contributed by atoms with Crippen LogP contribution < -0.4 is 4.90 Å². The first-order valence-corrected chi connectivity index (χ1v) is 9.36. The van der Waals surface area contributed by atoms with Gasteiger partial charge in [0.15, 0.2) is 5.78 Å². The van der Waals surface area contributed by atoms with Crippen molar-refractivity contribution >= 4 is 35.2 Å². The van der Waals surface area contributed by atoms with Crippen LogP contribution in [0.15, 0.2) is 59.6 Å². The molecule has 4 rings (SSSR count). The molecule has 27 heavy (non-hydrogen) atoms. The molecule has 2 aromatic carbocycles.